The van der Waals surface area contributed by atoms with Gasteiger partial charge in [0, 0.05) is 19.3 Å². The van der Waals surface area contributed by atoms with Gasteiger partial charge in [-0.2, -0.15) is 0 Å². The second-order valence-electron chi connectivity index (χ2n) is 9.51. The number of fused-ring (bicyclic) bond motifs is 1. The Bertz CT molecular complexity index is 1400. The van der Waals surface area contributed by atoms with Crippen molar-refractivity contribution >= 4 is 51.7 Å². The molecular formula is C27H28N4O2S2. The lowest BCUT2D eigenvalue weighted by atomic mass is 9.99. The first-order chi connectivity index (χ1) is 16.8. The number of rotatable bonds is 4. The van der Waals surface area contributed by atoms with Crippen molar-refractivity contribution < 1.29 is 4.79 Å². The molecule has 0 aliphatic carbocycles. The average molecular weight is 505 g/mol. The maximum absolute atomic E-state index is 13.7. The predicted molar refractivity (Wildman–Crippen MR) is 147 cm³/mol. The van der Waals surface area contributed by atoms with Crippen molar-refractivity contribution in [1.82, 2.24) is 14.3 Å². The number of amides is 1. The summed E-state index contributed by atoms with van der Waals surface area (Å²) in [5.74, 6) is 1.12. The van der Waals surface area contributed by atoms with Crippen LogP contribution in [0.25, 0.3) is 11.7 Å². The largest absolute Gasteiger partial charge is 0.356 e. The van der Waals surface area contributed by atoms with Crippen molar-refractivity contribution in [2.45, 2.75) is 40.2 Å². The number of pyridine rings is 1. The Morgan fingerprint density at radius 3 is 2.46 bits per heavy atom. The molecule has 0 spiro atoms. The summed E-state index contributed by atoms with van der Waals surface area (Å²) in [5.41, 5.74) is 4.03. The zero-order valence-electron chi connectivity index (χ0n) is 20.2. The summed E-state index contributed by atoms with van der Waals surface area (Å²) in [5, 5.41) is 0. The molecule has 2 saturated heterocycles. The number of benzene rings is 1. The molecule has 0 atom stereocenters. The van der Waals surface area contributed by atoms with Gasteiger partial charge in [-0.1, -0.05) is 66.8 Å². The van der Waals surface area contributed by atoms with Gasteiger partial charge in [0.2, 0.25) is 0 Å². The molecule has 2 fully saturated rings. The van der Waals surface area contributed by atoms with Gasteiger partial charge in [0.15, 0.2) is 0 Å². The van der Waals surface area contributed by atoms with Crippen LogP contribution in [0.3, 0.4) is 0 Å². The molecule has 0 bridgehead atoms. The van der Waals surface area contributed by atoms with E-state index in [9.17, 15) is 9.59 Å². The third kappa shape index (κ3) is 4.77. The molecule has 0 saturated carbocycles. The maximum Gasteiger partial charge on any atom is 0.267 e. The summed E-state index contributed by atoms with van der Waals surface area (Å²) in [6, 6.07) is 11.9. The van der Waals surface area contributed by atoms with E-state index in [1.165, 1.54) is 11.8 Å². The van der Waals surface area contributed by atoms with Gasteiger partial charge in [0.25, 0.3) is 11.5 Å². The number of thioether (sulfide) groups is 1. The minimum atomic E-state index is -0.174. The number of hydrogen-bond acceptors (Lipinski definition) is 6. The van der Waals surface area contributed by atoms with Gasteiger partial charge in [-0.3, -0.25) is 18.9 Å². The van der Waals surface area contributed by atoms with Crippen molar-refractivity contribution in [3.63, 3.8) is 0 Å². The monoisotopic (exact) mass is 504 g/mol. The maximum atomic E-state index is 13.7. The molecule has 2 aliphatic heterocycles. The Morgan fingerprint density at radius 2 is 1.74 bits per heavy atom. The first-order valence-corrected chi connectivity index (χ1v) is 13.1. The van der Waals surface area contributed by atoms with Crippen molar-refractivity contribution in [3.05, 3.63) is 80.1 Å². The fourth-order valence-corrected chi connectivity index (χ4v) is 5.72. The molecule has 0 unspecified atom stereocenters. The minimum absolute atomic E-state index is 0.170. The standard InChI is InChI=1S/C27H28N4O2S2/c1-17-4-7-20(8-5-17)16-31-26(33)22(35-27(31)34)14-21-24(29-12-10-18(2)11-13-29)28-23-9-6-19(3)15-30(23)25(21)32/h4-9,14-15,18H,10-13,16H2,1-3H3/b22-14+. The van der Waals surface area contributed by atoms with E-state index in [0.29, 0.717) is 38.7 Å². The lowest BCUT2D eigenvalue weighted by Crippen LogP contribution is -2.36. The summed E-state index contributed by atoms with van der Waals surface area (Å²) in [7, 11) is 0. The van der Waals surface area contributed by atoms with Crippen LogP contribution in [0.15, 0.2) is 52.3 Å². The number of piperidine rings is 1. The highest BCUT2D eigenvalue weighted by Gasteiger charge is 2.33. The van der Waals surface area contributed by atoms with Crippen LogP contribution in [0.5, 0.6) is 0 Å². The van der Waals surface area contributed by atoms with Crippen molar-refractivity contribution in [2.24, 2.45) is 5.92 Å². The van der Waals surface area contributed by atoms with Gasteiger partial charge in [0.05, 0.1) is 17.0 Å². The van der Waals surface area contributed by atoms with Gasteiger partial charge >= 0.3 is 0 Å². The number of aromatic nitrogens is 2. The third-order valence-corrected chi connectivity index (χ3v) is 8.06. The molecule has 0 radical (unpaired) electrons. The van der Waals surface area contributed by atoms with Crippen LogP contribution >= 0.6 is 24.0 Å². The average Bonchev–Trinajstić information content (AvgIpc) is 3.10. The molecule has 6 nitrogen and oxygen atoms in total. The number of thiocarbonyl (C=S) groups is 1. The second-order valence-corrected chi connectivity index (χ2v) is 11.2. The second kappa shape index (κ2) is 9.59. The fourth-order valence-electron chi connectivity index (χ4n) is 4.48. The summed E-state index contributed by atoms with van der Waals surface area (Å²) in [6.45, 7) is 8.32. The van der Waals surface area contributed by atoms with E-state index >= 15 is 0 Å². The molecule has 2 aromatic heterocycles. The van der Waals surface area contributed by atoms with E-state index in [2.05, 4.69) is 11.8 Å². The molecule has 3 aromatic rings. The van der Waals surface area contributed by atoms with E-state index in [-0.39, 0.29) is 11.5 Å². The highest BCUT2D eigenvalue weighted by Crippen LogP contribution is 2.35. The van der Waals surface area contributed by atoms with Gasteiger partial charge in [0.1, 0.15) is 15.8 Å². The molecule has 1 amide bonds. The Balaban J connectivity index is 1.55. The summed E-state index contributed by atoms with van der Waals surface area (Å²) >= 11 is 6.80. The normalized spacial score (nSPS) is 18.3. The van der Waals surface area contributed by atoms with Crippen molar-refractivity contribution in [3.8, 4) is 0 Å². The number of carbonyl (C=O) groups excluding carboxylic acids is 1. The third-order valence-electron chi connectivity index (χ3n) is 6.68. The van der Waals surface area contributed by atoms with Crippen LogP contribution in [0, 0.1) is 19.8 Å². The molecular weight excluding hydrogens is 476 g/mol. The Kier molecular flexibility index (Phi) is 6.51. The quantitative estimate of drug-likeness (QED) is 0.370. The Labute approximate surface area is 214 Å². The lowest BCUT2D eigenvalue weighted by molar-refractivity contribution is -0.122. The molecule has 0 N–H and O–H groups in total. The first-order valence-electron chi connectivity index (χ1n) is 11.9. The smallest absolute Gasteiger partial charge is 0.267 e. The molecule has 5 rings (SSSR count). The van der Waals surface area contributed by atoms with Gasteiger partial charge < -0.3 is 4.90 Å². The van der Waals surface area contributed by atoms with Crippen LogP contribution in [0.4, 0.5) is 5.82 Å². The topological polar surface area (TPSA) is 57.9 Å². The number of hydrogen-bond donors (Lipinski definition) is 0. The SMILES string of the molecule is Cc1ccc(CN2C(=O)/C(=C\c3c(N4CCC(C)CC4)nc4ccc(C)cn4c3=O)SC2=S)cc1. The van der Waals surface area contributed by atoms with Crippen LogP contribution in [0.2, 0.25) is 0 Å². The number of nitrogens with zero attached hydrogens (tertiary/aromatic N) is 4. The van der Waals surface area contributed by atoms with Gasteiger partial charge in [-0.05, 0) is 55.9 Å². The zero-order chi connectivity index (χ0) is 24.7. The lowest BCUT2D eigenvalue weighted by Gasteiger charge is -2.32. The molecule has 1 aromatic carbocycles. The van der Waals surface area contributed by atoms with Gasteiger partial charge in [-0.15, -0.1) is 0 Å². The molecule has 180 valence electrons. The van der Waals surface area contributed by atoms with Crippen molar-refractivity contribution in [2.75, 3.05) is 18.0 Å². The van der Waals surface area contributed by atoms with Crippen LogP contribution in [0.1, 0.15) is 42.0 Å². The van der Waals surface area contributed by atoms with E-state index in [1.807, 2.05) is 50.2 Å². The highest BCUT2D eigenvalue weighted by atomic mass is 32.2. The van der Waals surface area contributed by atoms with E-state index < -0.39 is 0 Å². The van der Waals surface area contributed by atoms with Crippen LogP contribution in [-0.4, -0.2) is 37.6 Å². The molecule has 2 aliphatic rings. The fraction of sp³-hybridized carbons (Fsp3) is 0.333. The zero-order valence-corrected chi connectivity index (χ0v) is 21.8. The number of aryl methyl sites for hydroxylation is 2. The Hall–Kier alpha value is -2.97. The predicted octanol–water partition coefficient (Wildman–Crippen LogP) is 4.95. The van der Waals surface area contributed by atoms with Gasteiger partial charge in [-0.25, -0.2) is 4.98 Å². The van der Waals surface area contributed by atoms with Crippen LogP contribution in [-0.2, 0) is 11.3 Å². The number of carbonyl (C=O) groups is 1. The van der Waals surface area contributed by atoms with Crippen molar-refractivity contribution in [1.29, 1.82) is 0 Å². The Morgan fingerprint density at radius 1 is 1.06 bits per heavy atom. The highest BCUT2D eigenvalue weighted by molar-refractivity contribution is 8.26. The molecule has 8 heteroatoms. The number of anilines is 1. The summed E-state index contributed by atoms with van der Waals surface area (Å²) in [4.78, 5) is 36.2. The van der Waals surface area contributed by atoms with E-state index in [4.69, 9.17) is 17.2 Å². The summed E-state index contributed by atoms with van der Waals surface area (Å²) < 4.78 is 2.07. The van der Waals surface area contributed by atoms with E-state index in [1.54, 1.807) is 21.6 Å². The minimum Gasteiger partial charge on any atom is -0.356 e. The molecule has 4 heterocycles. The summed E-state index contributed by atoms with van der Waals surface area (Å²) in [6.07, 6.45) is 5.60. The van der Waals surface area contributed by atoms with Crippen LogP contribution < -0.4 is 10.5 Å². The van der Waals surface area contributed by atoms with E-state index in [0.717, 1.165) is 42.6 Å². The first kappa shape index (κ1) is 23.8. The molecule has 35 heavy (non-hydrogen) atoms.